The van der Waals surface area contributed by atoms with Gasteiger partial charge >= 0.3 is 0 Å². The molecule has 0 heterocycles. The van der Waals surface area contributed by atoms with Crippen LogP contribution in [0.3, 0.4) is 0 Å². The van der Waals surface area contributed by atoms with E-state index in [2.05, 4.69) is 78.0 Å². The van der Waals surface area contributed by atoms with Gasteiger partial charge in [-0.25, -0.2) is 0 Å². The van der Waals surface area contributed by atoms with E-state index in [1.165, 1.54) is 24.0 Å². The molecular weight excluding hydrogens is 380 g/mol. The van der Waals surface area contributed by atoms with Gasteiger partial charge in [-0.15, -0.1) is 0 Å². The van der Waals surface area contributed by atoms with E-state index in [-0.39, 0.29) is 5.41 Å². The number of allylic oxidation sites excluding steroid dienone is 2. The highest BCUT2D eigenvalue weighted by molar-refractivity contribution is 5.42. The molecule has 2 unspecified atom stereocenters. The van der Waals surface area contributed by atoms with Crippen LogP contribution in [0.15, 0.2) is 73.2 Å². The van der Waals surface area contributed by atoms with Crippen LogP contribution in [0.25, 0.3) is 0 Å². The summed E-state index contributed by atoms with van der Waals surface area (Å²) in [5.74, 6) is 3.13. The van der Waals surface area contributed by atoms with Gasteiger partial charge in [0.2, 0.25) is 0 Å². The van der Waals surface area contributed by atoms with Crippen LogP contribution in [0.2, 0.25) is 0 Å². The van der Waals surface area contributed by atoms with Crippen LogP contribution in [-0.4, -0.2) is 0 Å². The molecule has 2 rings (SSSR count). The fourth-order valence-corrected chi connectivity index (χ4v) is 3.23. The molecule has 0 aromatic heterocycles. The maximum atomic E-state index is 5.76. The Balaban J connectivity index is 1.96. The molecule has 168 valence electrons. The first-order valence-corrected chi connectivity index (χ1v) is 11.7. The molecule has 0 amide bonds. The SMILES string of the molecule is CCC(C)CC=COc1ccc(C(C)(C)c2ccc(OC=CCC(C)CC)cc2)cc1. The zero-order valence-corrected chi connectivity index (χ0v) is 20.2. The van der Waals surface area contributed by atoms with E-state index in [0.717, 1.165) is 24.3 Å². The van der Waals surface area contributed by atoms with E-state index >= 15 is 0 Å². The van der Waals surface area contributed by atoms with Crippen LogP contribution >= 0.6 is 0 Å². The lowest BCUT2D eigenvalue weighted by molar-refractivity contribution is 0.471. The Morgan fingerprint density at radius 3 is 1.35 bits per heavy atom. The van der Waals surface area contributed by atoms with Crippen LogP contribution in [0.1, 0.15) is 78.4 Å². The largest absolute Gasteiger partial charge is 0.465 e. The fraction of sp³-hybridized carbons (Fsp3) is 0.448. The van der Waals surface area contributed by atoms with E-state index in [9.17, 15) is 0 Å². The maximum absolute atomic E-state index is 5.76. The standard InChI is InChI=1S/C29H40O2/c1-7-23(3)11-9-21-30-27-17-13-25(14-18-27)29(5,6)26-15-19-28(20-16-26)31-22-10-12-24(4)8-2/h9-10,13-24H,7-8,11-12H2,1-6H3. The zero-order valence-electron chi connectivity index (χ0n) is 20.2. The third-order valence-corrected chi connectivity index (χ3v) is 6.22. The molecule has 2 heteroatoms. The average molecular weight is 421 g/mol. The van der Waals surface area contributed by atoms with Crippen LogP contribution in [0.5, 0.6) is 11.5 Å². The molecule has 0 aliphatic rings. The minimum Gasteiger partial charge on any atom is -0.465 e. The summed E-state index contributed by atoms with van der Waals surface area (Å²) in [4.78, 5) is 0. The molecule has 0 saturated carbocycles. The van der Waals surface area contributed by atoms with Gasteiger partial charge in [-0.05, 0) is 72.2 Å². The van der Waals surface area contributed by atoms with Gasteiger partial charge < -0.3 is 9.47 Å². The highest BCUT2D eigenvalue weighted by Crippen LogP contribution is 2.33. The van der Waals surface area contributed by atoms with E-state index < -0.39 is 0 Å². The summed E-state index contributed by atoms with van der Waals surface area (Å²) in [6.07, 6.45) is 12.3. The summed E-state index contributed by atoms with van der Waals surface area (Å²) in [6, 6.07) is 16.8. The van der Waals surface area contributed by atoms with Gasteiger partial charge in [0.05, 0.1) is 12.5 Å². The second kappa shape index (κ2) is 12.4. The van der Waals surface area contributed by atoms with Gasteiger partial charge in [0.25, 0.3) is 0 Å². The van der Waals surface area contributed by atoms with Crippen molar-refractivity contribution in [1.29, 1.82) is 0 Å². The highest BCUT2D eigenvalue weighted by Gasteiger charge is 2.23. The van der Waals surface area contributed by atoms with E-state index in [0.29, 0.717) is 11.8 Å². The Labute approximate surface area is 190 Å². The van der Waals surface area contributed by atoms with Crippen molar-refractivity contribution in [2.24, 2.45) is 11.8 Å². The number of hydrogen-bond acceptors (Lipinski definition) is 2. The fourth-order valence-electron chi connectivity index (χ4n) is 3.23. The van der Waals surface area contributed by atoms with Crippen molar-refractivity contribution in [2.75, 3.05) is 0 Å². The summed E-state index contributed by atoms with van der Waals surface area (Å²) in [5, 5.41) is 0. The van der Waals surface area contributed by atoms with Crippen LogP contribution in [-0.2, 0) is 5.41 Å². The molecule has 0 aliphatic heterocycles. The van der Waals surface area contributed by atoms with Gasteiger partial charge in [0.15, 0.2) is 0 Å². The van der Waals surface area contributed by atoms with Crippen LogP contribution < -0.4 is 9.47 Å². The van der Waals surface area contributed by atoms with Crippen molar-refractivity contribution in [3.05, 3.63) is 84.3 Å². The summed E-state index contributed by atoms with van der Waals surface area (Å²) in [5.41, 5.74) is 2.41. The number of benzene rings is 2. The van der Waals surface area contributed by atoms with Crippen molar-refractivity contribution in [2.45, 2.75) is 72.6 Å². The van der Waals surface area contributed by atoms with Gasteiger partial charge in [-0.2, -0.15) is 0 Å². The second-order valence-electron chi connectivity index (χ2n) is 9.15. The first-order valence-electron chi connectivity index (χ1n) is 11.7. The molecule has 2 aromatic rings. The smallest absolute Gasteiger partial charge is 0.126 e. The number of rotatable bonds is 12. The van der Waals surface area contributed by atoms with Gasteiger partial charge in [-0.3, -0.25) is 0 Å². The molecule has 2 aromatic carbocycles. The molecule has 0 radical (unpaired) electrons. The Morgan fingerprint density at radius 2 is 1.03 bits per heavy atom. The molecule has 0 aliphatic carbocycles. The van der Waals surface area contributed by atoms with Crippen LogP contribution in [0, 0.1) is 11.8 Å². The minimum absolute atomic E-state index is 0.101. The molecule has 0 fully saturated rings. The third-order valence-electron chi connectivity index (χ3n) is 6.22. The zero-order chi connectivity index (χ0) is 22.7. The molecule has 2 atom stereocenters. The first-order chi connectivity index (χ1) is 14.9. The monoisotopic (exact) mass is 420 g/mol. The quantitative estimate of drug-likeness (QED) is 0.320. The molecule has 0 spiro atoms. The average Bonchev–Trinajstić information content (AvgIpc) is 2.79. The maximum Gasteiger partial charge on any atom is 0.126 e. The summed E-state index contributed by atoms with van der Waals surface area (Å²) in [7, 11) is 0. The molecule has 0 saturated heterocycles. The normalized spacial score (nSPS) is 14.1. The van der Waals surface area contributed by atoms with Crippen molar-refractivity contribution < 1.29 is 9.47 Å². The molecular formula is C29H40O2. The van der Waals surface area contributed by atoms with E-state index in [1.54, 1.807) is 0 Å². The number of hydrogen-bond donors (Lipinski definition) is 0. The lowest BCUT2D eigenvalue weighted by Crippen LogP contribution is -2.18. The van der Waals surface area contributed by atoms with Crippen LogP contribution in [0.4, 0.5) is 0 Å². The molecule has 2 nitrogen and oxygen atoms in total. The Kier molecular flexibility index (Phi) is 9.91. The summed E-state index contributed by atoms with van der Waals surface area (Å²) in [6.45, 7) is 13.4. The lowest BCUT2D eigenvalue weighted by atomic mass is 9.78. The lowest BCUT2D eigenvalue weighted by Gasteiger charge is -2.26. The third kappa shape index (κ3) is 7.94. The predicted molar refractivity (Wildman–Crippen MR) is 133 cm³/mol. The van der Waals surface area contributed by atoms with Gasteiger partial charge in [0.1, 0.15) is 11.5 Å². The summed E-state index contributed by atoms with van der Waals surface area (Å²) >= 11 is 0. The van der Waals surface area contributed by atoms with E-state index in [4.69, 9.17) is 9.47 Å². The Bertz CT molecular complexity index is 743. The van der Waals surface area contributed by atoms with E-state index in [1.807, 2.05) is 36.8 Å². The molecule has 0 N–H and O–H groups in total. The van der Waals surface area contributed by atoms with Crippen molar-refractivity contribution in [3.8, 4) is 11.5 Å². The minimum atomic E-state index is -0.101. The van der Waals surface area contributed by atoms with Crippen molar-refractivity contribution in [1.82, 2.24) is 0 Å². The number of ether oxygens (including phenoxy) is 2. The van der Waals surface area contributed by atoms with Crippen molar-refractivity contribution in [3.63, 3.8) is 0 Å². The Hall–Kier alpha value is -2.48. The predicted octanol–water partition coefficient (Wildman–Crippen LogP) is 8.67. The van der Waals surface area contributed by atoms with Crippen molar-refractivity contribution >= 4 is 0 Å². The topological polar surface area (TPSA) is 18.5 Å². The first kappa shape index (κ1) is 24.8. The summed E-state index contributed by atoms with van der Waals surface area (Å²) < 4.78 is 11.5. The molecule has 0 bridgehead atoms. The Morgan fingerprint density at radius 1 is 0.677 bits per heavy atom. The van der Waals surface area contributed by atoms with Gasteiger partial charge in [-0.1, -0.05) is 78.6 Å². The highest BCUT2D eigenvalue weighted by atomic mass is 16.5. The second-order valence-corrected chi connectivity index (χ2v) is 9.15. The molecule has 31 heavy (non-hydrogen) atoms. The van der Waals surface area contributed by atoms with Gasteiger partial charge in [0, 0.05) is 5.41 Å².